The Morgan fingerprint density at radius 1 is 0.318 bits per heavy atom. The van der Waals surface area contributed by atoms with E-state index < -0.39 is 10.8 Å². The van der Waals surface area contributed by atoms with Gasteiger partial charge in [-0.25, -0.2) is 0 Å². The third-order valence-corrected chi connectivity index (χ3v) is 15.2. The monoisotopic (exact) mass is 857 g/mol. The lowest BCUT2D eigenvalue weighted by molar-refractivity contribution is 0.768. The zero-order valence-electron chi connectivity index (χ0n) is 36.2. The van der Waals surface area contributed by atoms with E-state index in [4.69, 9.17) is 0 Å². The second kappa shape index (κ2) is 15.3. The maximum Gasteiger partial charge on any atom is 0.0714 e. The molecule has 0 fully saturated rings. The van der Waals surface area contributed by atoms with Crippen molar-refractivity contribution in [3.05, 3.63) is 305 Å². The highest BCUT2D eigenvalue weighted by Gasteiger charge is 2.49. The van der Waals surface area contributed by atoms with Crippen LogP contribution >= 0.6 is 11.3 Å². The summed E-state index contributed by atoms with van der Waals surface area (Å²) >= 11 is 1.79. The lowest BCUT2D eigenvalue weighted by atomic mass is 9.67. The van der Waals surface area contributed by atoms with E-state index in [0.717, 1.165) is 17.1 Å². The number of anilines is 3. The fourth-order valence-corrected chi connectivity index (χ4v) is 12.5. The Kier molecular flexibility index (Phi) is 8.91. The van der Waals surface area contributed by atoms with E-state index in [1.165, 1.54) is 88.0 Å². The topological polar surface area (TPSA) is 3.24 Å². The smallest absolute Gasteiger partial charge is 0.0714 e. The maximum absolute atomic E-state index is 2.57. The average molecular weight is 858 g/mol. The molecule has 0 saturated heterocycles. The molecule has 0 atom stereocenters. The molecule has 2 aliphatic carbocycles. The van der Waals surface area contributed by atoms with E-state index in [9.17, 15) is 0 Å². The predicted octanol–water partition coefficient (Wildman–Crippen LogP) is 16.8. The molecular weight excluding hydrogens is 815 g/mol. The summed E-state index contributed by atoms with van der Waals surface area (Å²) < 4.78 is 1.30. The van der Waals surface area contributed by atoms with Gasteiger partial charge in [-0.05, 0) is 114 Å². The van der Waals surface area contributed by atoms with E-state index in [0.29, 0.717) is 0 Å². The van der Waals surface area contributed by atoms with Crippen LogP contribution in [0.5, 0.6) is 0 Å². The van der Waals surface area contributed by atoms with Crippen LogP contribution in [0.2, 0.25) is 0 Å². The lowest BCUT2D eigenvalue weighted by Crippen LogP contribution is -2.28. The normalized spacial score (nSPS) is 13.7. The first-order chi connectivity index (χ1) is 32.8. The third-order valence-electron chi connectivity index (χ3n) is 14.3. The minimum atomic E-state index is -0.540. The van der Waals surface area contributed by atoms with Crippen molar-refractivity contribution in [3.8, 4) is 33.4 Å². The first-order valence-electron chi connectivity index (χ1n) is 22.8. The van der Waals surface area contributed by atoms with Crippen LogP contribution in [0.3, 0.4) is 0 Å². The van der Waals surface area contributed by atoms with Crippen LogP contribution in [0.4, 0.5) is 17.1 Å². The average Bonchev–Trinajstić information content (AvgIpc) is 4.09. The molecule has 310 valence electrons. The Labute approximate surface area is 390 Å². The van der Waals surface area contributed by atoms with Crippen LogP contribution in [-0.4, -0.2) is 0 Å². The molecule has 2 heteroatoms. The van der Waals surface area contributed by atoms with Gasteiger partial charge in [0.05, 0.1) is 22.2 Å². The second-order valence-electron chi connectivity index (χ2n) is 17.5. The standard InChI is InChI=1S/C64H43NS/c1-5-19-47(20-6-1)63(48-21-7-2-8-22-48)54-29-15-13-27-52(54)61-56(63)31-17-33-58(61)65(51-39-37-44(38-40-51)46-36-35-45-41-42-66-60(45)43-46)59-34-18-32-57-62(59)53-28-14-16-30-55(53)64(57,49-23-9-3-10-24-49)50-25-11-4-12-26-50/h1-43H. The molecule has 0 amide bonds. The van der Waals surface area contributed by atoms with Gasteiger partial charge in [-0.3, -0.25) is 0 Å². The van der Waals surface area contributed by atoms with Gasteiger partial charge in [0, 0.05) is 21.5 Å². The maximum atomic E-state index is 2.57. The Hall–Kier alpha value is -8.04. The van der Waals surface area contributed by atoms with Gasteiger partial charge in [0.25, 0.3) is 0 Å². The summed E-state index contributed by atoms with van der Waals surface area (Å²) in [5.41, 5.74) is 19.9. The SMILES string of the molecule is c1ccc(C2(c3ccccc3)c3ccccc3-c3c(N(c4ccc(-c5ccc6ccsc6c5)cc4)c4cccc5c4-c4ccccc4C5(c4ccccc4)c4ccccc4)cccc32)cc1. The Morgan fingerprint density at radius 3 is 1.20 bits per heavy atom. The van der Waals surface area contributed by atoms with E-state index >= 15 is 0 Å². The van der Waals surface area contributed by atoms with Crippen LogP contribution in [-0.2, 0) is 10.8 Å². The summed E-state index contributed by atoms with van der Waals surface area (Å²) in [6.45, 7) is 0. The van der Waals surface area contributed by atoms with Gasteiger partial charge in [0.15, 0.2) is 0 Å². The highest BCUT2D eigenvalue weighted by Crippen LogP contribution is 2.63. The fraction of sp³-hybridized carbons (Fsp3) is 0.0312. The minimum Gasteiger partial charge on any atom is -0.309 e. The molecule has 0 aliphatic heterocycles. The zero-order chi connectivity index (χ0) is 43.7. The Morgan fingerprint density at radius 2 is 0.727 bits per heavy atom. The van der Waals surface area contributed by atoms with Gasteiger partial charge in [-0.1, -0.05) is 218 Å². The summed E-state index contributed by atoms with van der Waals surface area (Å²) in [4.78, 5) is 2.57. The van der Waals surface area contributed by atoms with Gasteiger partial charge in [0.2, 0.25) is 0 Å². The minimum absolute atomic E-state index is 0.540. The van der Waals surface area contributed by atoms with Crippen molar-refractivity contribution in [2.24, 2.45) is 0 Å². The molecule has 1 heterocycles. The highest BCUT2D eigenvalue weighted by molar-refractivity contribution is 7.17. The van der Waals surface area contributed by atoms with Crippen molar-refractivity contribution in [1.82, 2.24) is 0 Å². The van der Waals surface area contributed by atoms with Crippen molar-refractivity contribution in [3.63, 3.8) is 0 Å². The van der Waals surface area contributed by atoms with Crippen LogP contribution in [0.15, 0.2) is 260 Å². The summed E-state index contributed by atoms with van der Waals surface area (Å²) in [6, 6.07) is 95.0. The highest BCUT2D eigenvalue weighted by atomic mass is 32.1. The molecule has 10 aromatic carbocycles. The molecule has 0 unspecified atom stereocenters. The number of benzene rings is 10. The van der Waals surface area contributed by atoms with E-state index in [2.05, 4.69) is 265 Å². The Bertz CT molecular complexity index is 3310. The van der Waals surface area contributed by atoms with Crippen LogP contribution < -0.4 is 4.90 Å². The molecule has 1 nitrogen and oxygen atoms in total. The molecule has 2 aliphatic rings. The Balaban J connectivity index is 1.12. The molecule has 0 saturated carbocycles. The van der Waals surface area contributed by atoms with Crippen LogP contribution in [0.1, 0.15) is 44.5 Å². The summed E-state index contributed by atoms with van der Waals surface area (Å²) in [6.07, 6.45) is 0. The first kappa shape index (κ1) is 38.4. The number of hydrogen-bond donors (Lipinski definition) is 0. The third kappa shape index (κ3) is 5.52. The van der Waals surface area contributed by atoms with Gasteiger partial charge >= 0.3 is 0 Å². The first-order valence-corrected chi connectivity index (χ1v) is 23.7. The van der Waals surface area contributed by atoms with Gasteiger partial charge in [0.1, 0.15) is 0 Å². The van der Waals surface area contributed by atoms with Gasteiger partial charge in [-0.15, -0.1) is 11.3 Å². The molecule has 66 heavy (non-hydrogen) atoms. The predicted molar refractivity (Wildman–Crippen MR) is 277 cm³/mol. The molecule has 0 N–H and O–H groups in total. The van der Waals surface area contributed by atoms with Crippen LogP contribution in [0.25, 0.3) is 43.5 Å². The molecule has 1 aromatic heterocycles. The molecule has 0 radical (unpaired) electrons. The van der Waals surface area contributed by atoms with Gasteiger partial charge in [-0.2, -0.15) is 0 Å². The quantitative estimate of drug-likeness (QED) is 0.147. The van der Waals surface area contributed by atoms with Crippen LogP contribution in [0, 0.1) is 0 Å². The molecule has 0 spiro atoms. The number of fused-ring (bicyclic) bond motifs is 7. The summed E-state index contributed by atoms with van der Waals surface area (Å²) in [5.74, 6) is 0. The summed E-state index contributed by atoms with van der Waals surface area (Å²) in [7, 11) is 0. The fourth-order valence-electron chi connectivity index (χ4n) is 11.7. The molecule has 11 aromatic rings. The zero-order valence-corrected chi connectivity index (χ0v) is 37.0. The number of hydrogen-bond acceptors (Lipinski definition) is 2. The lowest BCUT2D eigenvalue weighted by Gasteiger charge is -2.35. The number of thiophene rings is 1. The van der Waals surface area contributed by atoms with E-state index in [1.807, 2.05) is 0 Å². The van der Waals surface area contributed by atoms with Crippen molar-refractivity contribution >= 4 is 38.5 Å². The van der Waals surface area contributed by atoms with Crippen molar-refractivity contribution in [2.45, 2.75) is 10.8 Å². The number of rotatable bonds is 8. The molecule has 0 bridgehead atoms. The summed E-state index contributed by atoms with van der Waals surface area (Å²) in [5, 5.41) is 3.46. The van der Waals surface area contributed by atoms with E-state index in [1.54, 1.807) is 11.3 Å². The second-order valence-corrected chi connectivity index (χ2v) is 18.5. The largest absolute Gasteiger partial charge is 0.309 e. The van der Waals surface area contributed by atoms with Crippen molar-refractivity contribution in [1.29, 1.82) is 0 Å². The van der Waals surface area contributed by atoms with Crippen molar-refractivity contribution in [2.75, 3.05) is 4.90 Å². The molecular formula is C64H43NS. The number of nitrogens with zero attached hydrogens (tertiary/aromatic N) is 1. The van der Waals surface area contributed by atoms with Crippen molar-refractivity contribution < 1.29 is 0 Å². The van der Waals surface area contributed by atoms with E-state index in [-0.39, 0.29) is 0 Å². The molecule has 13 rings (SSSR count). The van der Waals surface area contributed by atoms with Gasteiger partial charge < -0.3 is 4.90 Å².